The van der Waals surface area contributed by atoms with Crippen molar-refractivity contribution in [2.75, 3.05) is 13.1 Å². The van der Waals surface area contributed by atoms with Crippen LogP contribution in [0, 0.1) is 13.8 Å². The molecule has 158 valence electrons. The molecule has 0 saturated heterocycles. The first-order valence-electron chi connectivity index (χ1n) is 10.7. The van der Waals surface area contributed by atoms with E-state index in [0.717, 1.165) is 47.5 Å². The molecule has 0 fully saturated rings. The van der Waals surface area contributed by atoms with Crippen LogP contribution in [0.2, 0.25) is 0 Å². The van der Waals surface area contributed by atoms with Crippen molar-refractivity contribution in [3.8, 4) is 11.5 Å². The van der Waals surface area contributed by atoms with Crippen molar-refractivity contribution in [2.24, 2.45) is 0 Å². The summed E-state index contributed by atoms with van der Waals surface area (Å²) in [7, 11) is 0. The third-order valence-electron chi connectivity index (χ3n) is 6.08. The molecule has 0 radical (unpaired) electrons. The molecule has 0 saturated carbocycles. The Morgan fingerprint density at radius 1 is 1.10 bits per heavy atom. The number of aromatic nitrogens is 3. The van der Waals surface area contributed by atoms with E-state index in [-0.39, 0.29) is 5.63 Å². The van der Waals surface area contributed by atoms with E-state index in [9.17, 15) is 4.79 Å². The number of rotatable bonds is 3. The van der Waals surface area contributed by atoms with E-state index >= 15 is 0 Å². The van der Waals surface area contributed by atoms with Crippen LogP contribution in [-0.4, -0.2) is 38.4 Å². The number of hydrogen-bond acceptors (Lipinski definition) is 5. The van der Waals surface area contributed by atoms with Gasteiger partial charge >= 0.3 is 5.63 Å². The summed E-state index contributed by atoms with van der Waals surface area (Å²) in [4.78, 5) is 24.4. The van der Waals surface area contributed by atoms with Crippen molar-refractivity contribution in [3.05, 3.63) is 70.1 Å². The van der Waals surface area contributed by atoms with Crippen LogP contribution >= 0.6 is 0 Å². The van der Waals surface area contributed by atoms with Gasteiger partial charge in [0.1, 0.15) is 5.69 Å². The molecule has 0 aliphatic carbocycles. The van der Waals surface area contributed by atoms with Crippen LogP contribution in [0.3, 0.4) is 0 Å². The molecule has 1 aromatic carbocycles. The Morgan fingerprint density at radius 3 is 2.68 bits per heavy atom. The highest BCUT2D eigenvalue weighted by molar-refractivity contribution is 5.87. The lowest BCUT2D eigenvalue weighted by molar-refractivity contribution is 0.245. The summed E-state index contributed by atoms with van der Waals surface area (Å²) < 4.78 is 7.61. The Kier molecular flexibility index (Phi) is 4.74. The summed E-state index contributed by atoms with van der Waals surface area (Å²) in [5, 5.41) is 1.46. The number of imidazole rings is 1. The van der Waals surface area contributed by atoms with E-state index < -0.39 is 0 Å². The van der Waals surface area contributed by atoms with Crippen LogP contribution in [0.25, 0.3) is 33.4 Å². The zero-order valence-corrected chi connectivity index (χ0v) is 18.3. The summed E-state index contributed by atoms with van der Waals surface area (Å²) in [6, 6.07) is 8.51. The van der Waals surface area contributed by atoms with Gasteiger partial charge < -0.3 is 8.82 Å². The number of hydrogen-bond donors (Lipinski definition) is 0. The first-order valence-corrected chi connectivity index (χ1v) is 10.7. The summed E-state index contributed by atoms with van der Waals surface area (Å²) >= 11 is 0. The molecule has 1 aliphatic rings. The smallest absolute Gasteiger partial charge is 0.344 e. The largest absolute Gasteiger partial charge is 0.421 e. The Bertz CT molecular complexity index is 1390. The van der Waals surface area contributed by atoms with Gasteiger partial charge in [0.2, 0.25) is 0 Å². The molecule has 0 N–H and O–H groups in total. The lowest BCUT2D eigenvalue weighted by atomic mass is 9.97. The Balaban J connectivity index is 1.53. The van der Waals surface area contributed by atoms with Crippen LogP contribution in [0.5, 0.6) is 0 Å². The van der Waals surface area contributed by atoms with E-state index in [1.807, 2.05) is 48.8 Å². The maximum Gasteiger partial charge on any atom is 0.344 e. The predicted octanol–water partition coefficient (Wildman–Crippen LogP) is 4.62. The third-order valence-corrected chi connectivity index (χ3v) is 6.08. The fraction of sp³-hybridized carbons (Fsp3) is 0.320. The zero-order valence-electron chi connectivity index (χ0n) is 18.3. The van der Waals surface area contributed by atoms with Gasteiger partial charge in [0.05, 0.1) is 16.8 Å². The van der Waals surface area contributed by atoms with Crippen molar-refractivity contribution < 1.29 is 4.42 Å². The number of fused-ring (bicyclic) bond motifs is 2. The molecule has 0 bridgehead atoms. The molecule has 0 unspecified atom stereocenters. The maximum atomic E-state index is 12.8. The van der Waals surface area contributed by atoms with Crippen molar-refractivity contribution in [3.63, 3.8) is 0 Å². The van der Waals surface area contributed by atoms with Gasteiger partial charge in [-0.05, 0) is 62.8 Å². The second kappa shape index (κ2) is 7.46. The van der Waals surface area contributed by atoms with Crippen LogP contribution in [0.1, 0.15) is 37.2 Å². The van der Waals surface area contributed by atoms with Gasteiger partial charge in [0, 0.05) is 31.5 Å². The molecule has 4 heterocycles. The van der Waals surface area contributed by atoms with E-state index in [0.29, 0.717) is 22.9 Å². The number of nitrogens with zero attached hydrogens (tertiary/aromatic N) is 4. The molecule has 6 heteroatoms. The predicted molar refractivity (Wildman–Crippen MR) is 123 cm³/mol. The van der Waals surface area contributed by atoms with E-state index in [2.05, 4.69) is 40.9 Å². The SMILES string of the molecule is Cc1cn2cc(-c3cc4ccc(C5=CCN(C(C)C)CC5)cc4c(=O)o3)nc2c(C)n1. The van der Waals surface area contributed by atoms with Crippen LogP contribution < -0.4 is 5.63 Å². The summed E-state index contributed by atoms with van der Waals surface area (Å²) in [6.45, 7) is 10.3. The highest BCUT2D eigenvalue weighted by Crippen LogP contribution is 2.28. The van der Waals surface area contributed by atoms with E-state index in [1.165, 1.54) is 5.57 Å². The molecule has 31 heavy (non-hydrogen) atoms. The topological polar surface area (TPSA) is 63.6 Å². The monoisotopic (exact) mass is 414 g/mol. The van der Waals surface area contributed by atoms with E-state index in [1.54, 1.807) is 0 Å². The van der Waals surface area contributed by atoms with Gasteiger partial charge in [-0.2, -0.15) is 0 Å². The quantitative estimate of drug-likeness (QED) is 0.490. The van der Waals surface area contributed by atoms with Crippen LogP contribution in [-0.2, 0) is 0 Å². The molecule has 0 atom stereocenters. The Morgan fingerprint density at radius 2 is 1.94 bits per heavy atom. The summed E-state index contributed by atoms with van der Waals surface area (Å²) in [5.41, 5.74) is 5.20. The fourth-order valence-corrected chi connectivity index (χ4v) is 4.35. The van der Waals surface area contributed by atoms with Crippen molar-refractivity contribution in [2.45, 2.75) is 40.2 Å². The van der Waals surface area contributed by atoms with Crippen LogP contribution in [0.15, 0.2) is 51.9 Å². The average molecular weight is 415 g/mol. The maximum absolute atomic E-state index is 12.8. The molecule has 5 rings (SSSR count). The Hall–Kier alpha value is -3.25. The number of aryl methyl sites for hydroxylation is 2. The first-order chi connectivity index (χ1) is 14.9. The molecule has 6 nitrogen and oxygen atoms in total. The minimum Gasteiger partial charge on any atom is -0.421 e. The van der Waals surface area contributed by atoms with Crippen molar-refractivity contribution in [1.29, 1.82) is 0 Å². The lowest BCUT2D eigenvalue weighted by Gasteiger charge is -2.29. The van der Waals surface area contributed by atoms with Gasteiger partial charge in [-0.25, -0.2) is 9.78 Å². The van der Waals surface area contributed by atoms with Gasteiger partial charge in [-0.15, -0.1) is 0 Å². The summed E-state index contributed by atoms with van der Waals surface area (Å²) in [5.74, 6) is 0.468. The molecule has 1 aliphatic heterocycles. The summed E-state index contributed by atoms with van der Waals surface area (Å²) in [6.07, 6.45) is 7.06. The highest BCUT2D eigenvalue weighted by Gasteiger charge is 2.17. The minimum atomic E-state index is -0.336. The standard InChI is InChI=1S/C25H26N4O2/c1-15(2)28-9-7-18(8-10-28)19-5-6-20-12-23(31-25(30)21(20)11-19)22-14-29-13-16(3)26-17(4)24(29)27-22/h5-7,11-15H,8-10H2,1-4H3. The molecule has 0 amide bonds. The lowest BCUT2D eigenvalue weighted by Crippen LogP contribution is -2.34. The normalized spacial score (nSPS) is 15.2. The minimum absolute atomic E-state index is 0.336. The number of benzene rings is 1. The second-order valence-corrected chi connectivity index (χ2v) is 8.59. The fourth-order valence-electron chi connectivity index (χ4n) is 4.35. The molecule has 0 spiro atoms. The second-order valence-electron chi connectivity index (χ2n) is 8.59. The molecule has 3 aromatic heterocycles. The molecular formula is C25H26N4O2. The van der Waals surface area contributed by atoms with E-state index in [4.69, 9.17) is 4.42 Å². The highest BCUT2D eigenvalue weighted by atomic mass is 16.4. The third kappa shape index (κ3) is 3.57. The molecular weight excluding hydrogens is 388 g/mol. The van der Waals surface area contributed by atoms with Crippen molar-refractivity contribution >= 4 is 22.0 Å². The zero-order chi connectivity index (χ0) is 21.7. The van der Waals surface area contributed by atoms with Gasteiger partial charge in [0.25, 0.3) is 0 Å². The molecule has 4 aromatic rings. The van der Waals surface area contributed by atoms with Gasteiger partial charge in [0.15, 0.2) is 11.4 Å². The van der Waals surface area contributed by atoms with Gasteiger partial charge in [-0.3, -0.25) is 9.88 Å². The average Bonchev–Trinajstić information content (AvgIpc) is 3.18. The van der Waals surface area contributed by atoms with Crippen molar-refractivity contribution in [1.82, 2.24) is 19.3 Å². The van der Waals surface area contributed by atoms with Crippen LogP contribution in [0.4, 0.5) is 0 Å². The van der Waals surface area contributed by atoms with Gasteiger partial charge in [-0.1, -0.05) is 18.2 Å². The first kappa shape index (κ1) is 19.7. The Labute approximate surface area is 180 Å².